The van der Waals surface area contributed by atoms with Crippen LogP contribution >= 0.6 is 0 Å². The third kappa shape index (κ3) is 5.00. The Kier molecular flexibility index (Phi) is 6.53. The summed E-state index contributed by atoms with van der Waals surface area (Å²) in [6.45, 7) is 7.80. The summed E-state index contributed by atoms with van der Waals surface area (Å²) in [6.07, 6.45) is 1.66. The molecular formula is C11H23N3O2. The number of amides is 3. The van der Waals surface area contributed by atoms with Crippen molar-refractivity contribution in [1.82, 2.24) is 10.6 Å². The summed E-state index contributed by atoms with van der Waals surface area (Å²) in [6, 6.07) is -1.10. The van der Waals surface area contributed by atoms with Crippen molar-refractivity contribution in [2.24, 2.45) is 11.7 Å². The molecule has 0 heterocycles. The Balaban J connectivity index is 4.49. The summed E-state index contributed by atoms with van der Waals surface area (Å²) in [5, 5.41) is 5.33. The van der Waals surface area contributed by atoms with Gasteiger partial charge in [-0.3, -0.25) is 4.79 Å². The molecule has 4 N–H and O–H groups in total. The smallest absolute Gasteiger partial charge is 0.312 e. The minimum atomic E-state index is -0.662. The van der Waals surface area contributed by atoms with Crippen molar-refractivity contribution >= 4 is 11.9 Å². The lowest BCUT2D eigenvalue weighted by atomic mass is 9.98. The van der Waals surface area contributed by atoms with Crippen molar-refractivity contribution in [1.29, 1.82) is 0 Å². The lowest BCUT2D eigenvalue weighted by molar-refractivity contribution is -0.124. The van der Waals surface area contributed by atoms with Gasteiger partial charge in [0.2, 0.25) is 5.91 Å². The zero-order valence-corrected chi connectivity index (χ0v) is 10.5. The Morgan fingerprint density at radius 3 is 2.06 bits per heavy atom. The second kappa shape index (κ2) is 7.09. The molecule has 0 aromatic carbocycles. The Morgan fingerprint density at radius 2 is 1.69 bits per heavy atom. The van der Waals surface area contributed by atoms with Crippen LogP contribution in [0.15, 0.2) is 0 Å². The highest BCUT2D eigenvalue weighted by molar-refractivity contribution is 5.86. The molecule has 0 radical (unpaired) electrons. The van der Waals surface area contributed by atoms with Gasteiger partial charge in [-0.25, -0.2) is 4.79 Å². The fraction of sp³-hybridized carbons (Fsp3) is 0.818. The first-order chi connectivity index (χ1) is 7.42. The van der Waals surface area contributed by atoms with E-state index < -0.39 is 12.1 Å². The zero-order chi connectivity index (χ0) is 12.7. The number of hydrogen-bond donors (Lipinski definition) is 3. The lowest BCUT2D eigenvalue weighted by Crippen LogP contribution is -2.53. The van der Waals surface area contributed by atoms with Crippen LogP contribution in [-0.2, 0) is 4.79 Å². The summed E-state index contributed by atoms with van der Waals surface area (Å²) in [4.78, 5) is 22.7. The van der Waals surface area contributed by atoms with E-state index in [0.29, 0.717) is 0 Å². The number of carbonyl (C=O) groups is 2. The van der Waals surface area contributed by atoms with Crippen LogP contribution in [0.3, 0.4) is 0 Å². The predicted molar refractivity (Wildman–Crippen MR) is 63.9 cm³/mol. The lowest BCUT2D eigenvalue weighted by Gasteiger charge is -2.24. The molecule has 5 heteroatoms. The Hall–Kier alpha value is -1.26. The highest BCUT2D eigenvalue weighted by Crippen LogP contribution is 2.08. The molecule has 0 aromatic heterocycles. The van der Waals surface area contributed by atoms with E-state index in [4.69, 9.17) is 5.73 Å². The maximum atomic E-state index is 11.9. The van der Waals surface area contributed by atoms with E-state index >= 15 is 0 Å². The normalized spacial score (nSPS) is 16.0. The fourth-order valence-electron chi connectivity index (χ4n) is 1.29. The minimum absolute atomic E-state index is 0.0663. The molecule has 0 rings (SSSR count). The van der Waals surface area contributed by atoms with Crippen LogP contribution in [0.4, 0.5) is 4.79 Å². The summed E-state index contributed by atoms with van der Waals surface area (Å²) in [7, 11) is 0. The summed E-state index contributed by atoms with van der Waals surface area (Å²) in [5.41, 5.74) is 5.06. The SMILES string of the molecule is CC[C@@H](C)NC(=O)[C@H](NC(N)=O)[C@@H](C)CC. The average molecular weight is 229 g/mol. The van der Waals surface area contributed by atoms with Crippen LogP contribution in [0.5, 0.6) is 0 Å². The highest BCUT2D eigenvalue weighted by Gasteiger charge is 2.25. The molecule has 0 saturated heterocycles. The van der Waals surface area contributed by atoms with Crippen molar-refractivity contribution in [3.63, 3.8) is 0 Å². The molecule has 16 heavy (non-hydrogen) atoms. The Morgan fingerprint density at radius 1 is 1.12 bits per heavy atom. The third-order valence-electron chi connectivity index (χ3n) is 2.79. The van der Waals surface area contributed by atoms with E-state index in [2.05, 4.69) is 10.6 Å². The number of urea groups is 1. The number of primary amides is 1. The zero-order valence-electron chi connectivity index (χ0n) is 10.5. The topological polar surface area (TPSA) is 84.2 Å². The minimum Gasteiger partial charge on any atom is -0.352 e. The van der Waals surface area contributed by atoms with Gasteiger partial charge in [0, 0.05) is 6.04 Å². The van der Waals surface area contributed by atoms with E-state index in [0.717, 1.165) is 12.8 Å². The second-order valence-electron chi connectivity index (χ2n) is 4.19. The number of rotatable bonds is 6. The van der Waals surface area contributed by atoms with Gasteiger partial charge in [0.05, 0.1) is 0 Å². The Bertz CT molecular complexity index is 243. The van der Waals surface area contributed by atoms with Crippen molar-refractivity contribution in [3.8, 4) is 0 Å². The fourth-order valence-corrected chi connectivity index (χ4v) is 1.29. The number of carbonyl (C=O) groups excluding carboxylic acids is 2. The molecule has 0 bridgehead atoms. The van der Waals surface area contributed by atoms with E-state index in [1.165, 1.54) is 0 Å². The average Bonchev–Trinajstić information content (AvgIpc) is 2.24. The first-order valence-electron chi connectivity index (χ1n) is 5.78. The molecule has 0 aliphatic carbocycles. The molecule has 0 aliphatic rings. The van der Waals surface area contributed by atoms with Gasteiger partial charge in [-0.05, 0) is 19.3 Å². The molecule has 3 atom stereocenters. The van der Waals surface area contributed by atoms with Crippen molar-refractivity contribution in [3.05, 3.63) is 0 Å². The quantitative estimate of drug-likeness (QED) is 0.634. The third-order valence-corrected chi connectivity index (χ3v) is 2.79. The van der Waals surface area contributed by atoms with Gasteiger partial charge in [0.15, 0.2) is 0 Å². The monoisotopic (exact) mass is 229 g/mol. The van der Waals surface area contributed by atoms with Crippen LogP contribution in [-0.4, -0.2) is 24.0 Å². The van der Waals surface area contributed by atoms with Crippen molar-refractivity contribution in [2.45, 2.75) is 52.6 Å². The highest BCUT2D eigenvalue weighted by atomic mass is 16.2. The molecular weight excluding hydrogens is 206 g/mol. The first kappa shape index (κ1) is 14.7. The molecule has 94 valence electrons. The Labute approximate surface area is 97.2 Å². The number of nitrogens with one attached hydrogen (secondary N) is 2. The molecule has 0 aliphatic heterocycles. The molecule has 3 amide bonds. The predicted octanol–water partition coefficient (Wildman–Crippen LogP) is 0.984. The van der Waals surface area contributed by atoms with Crippen LogP contribution in [0.2, 0.25) is 0 Å². The van der Waals surface area contributed by atoms with E-state index in [1.54, 1.807) is 0 Å². The molecule has 0 unspecified atom stereocenters. The number of nitrogens with two attached hydrogens (primary N) is 1. The van der Waals surface area contributed by atoms with Crippen LogP contribution < -0.4 is 16.4 Å². The number of hydrogen-bond acceptors (Lipinski definition) is 2. The van der Waals surface area contributed by atoms with Crippen LogP contribution in [0, 0.1) is 5.92 Å². The van der Waals surface area contributed by atoms with Gasteiger partial charge in [-0.15, -0.1) is 0 Å². The second-order valence-corrected chi connectivity index (χ2v) is 4.19. The van der Waals surface area contributed by atoms with Gasteiger partial charge in [0.25, 0.3) is 0 Å². The summed E-state index contributed by atoms with van der Waals surface area (Å²) >= 11 is 0. The summed E-state index contributed by atoms with van der Waals surface area (Å²) < 4.78 is 0. The molecule has 5 nitrogen and oxygen atoms in total. The van der Waals surface area contributed by atoms with Gasteiger partial charge in [0.1, 0.15) is 6.04 Å². The van der Waals surface area contributed by atoms with Crippen molar-refractivity contribution < 1.29 is 9.59 Å². The maximum absolute atomic E-state index is 11.9. The van der Waals surface area contributed by atoms with E-state index in [1.807, 2.05) is 27.7 Å². The van der Waals surface area contributed by atoms with E-state index in [-0.39, 0.29) is 17.9 Å². The molecule has 0 saturated carbocycles. The van der Waals surface area contributed by atoms with Gasteiger partial charge < -0.3 is 16.4 Å². The van der Waals surface area contributed by atoms with E-state index in [9.17, 15) is 9.59 Å². The molecule has 0 spiro atoms. The molecule has 0 aromatic rings. The first-order valence-corrected chi connectivity index (χ1v) is 5.78. The van der Waals surface area contributed by atoms with Gasteiger partial charge >= 0.3 is 6.03 Å². The summed E-state index contributed by atoms with van der Waals surface area (Å²) in [5.74, 6) is -0.0981. The van der Waals surface area contributed by atoms with Crippen molar-refractivity contribution in [2.75, 3.05) is 0 Å². The molecule has 0 fully saturated rings. The maximum Gasteiger partial charge on any atom is 0.312 e. The standard InChI is InChI=1S/C11H23N3O2/c1-5-7(3)9(14-11(12)16)10(15)13-8(4)6-2/h7-9H,5-6H2,1-4H3,(H,13,15)(H3,12,14,16)/t7-,8+,9+/m0/s1. The van der Waals surface area contributed by atoms with Crippen LogP contribution in [0.25, 0.3) is 0 Å². The van der Waals surface area contributed by atoms with Crippen LogP contribution in [0.1, 0.15) is 40.5 Å². The van der Waals surface area contributed by atoms with Gasteiger partial charge in [-0.1, -0.05) is 27.2 Å². The largest absolute Gasteiger partial charge is 0.352 e. The van der Waals surface area contributed by atoms with Gasteiger partial charge in [-0.2, -0.15) is 0 Å².